The molecule has 3 heterocycles. The first-order chi connectivity index (χ1) is 13.8. The number of halogens is 1. The minimum Gasteiger partial charge on any atom is -0.467 e. The molecule has 0 aromatic carbocycles. The maximum Gasteiger partial charge on any atom is 0.191 e. The highest BCUT2D eigenvalue weighted by Gasteiger charge is 2.04. The fourth-order valence-electron chi connectivity index (χ4n) is 2.90. The van der Waals surface area contributed by atoms with Crippen molar-refractivity contribution in [2.45, 2.75) is 33.3 Å². The van der Waals surface area contributed by atoms with Gasteiger partial charge in [0.05, 0.1) is 12.0 Å². The topological polar surface area (TPSA) is 76.1 Å². The molecule has 0 radical (unpaired) electrons. The number of imidazole rings is 1. The van der Waals surface area contributed by atoms with Crippen molar-refractivity contribution in [1.29, 1.82) is 0 Å². The van der Waals surface area contributed by atoms with Crippen LogP contribution in [0.15, 0.2) is 52.3 Å². The van der Waals surface area contributed by atoms with Crippen molar-refractivity contribution in [2.24, 2.45) is 4.99 Å². The van der Waals surface area contributed by atoms with E-state index >= 15 is 0 Å². The van der Waals surface area contributed by atoms with Crippen LogP contribution in [0.2, 0.25) is 0 Å². The number of ether oxygens (including phenoxy) is 1. The smallest absolute Gasteiger partial charge is 0.191 e. The van der Waals surface area contributed by atoms with Crippen LogP contribution in [0, 0.1) is 6.92 Å². The number of guanidine groups is 1. The van der Waals surface area contributed by atoms with Crippen LogP contribution in [0.5, 0.6) is 0 Å². The predicted octanol–water partition coefficient (Wildman–Crippen LogP) is 3.56. The van der Waals surface area contributed by atoms with Crippen molar-refractivity contribution in [1.82, 2.24) is 20.0 Å². The zero-order valence-electron chi connectivity index (χ0n) is 17.1. The quantitative estimate of drug-likeness (QED) is 0.189. The average molecular weight is 511 g/mol. The summed E-state index contributed by atoms with van der Waals surface area (Å²) in [4.78, 5) is 9.31. The third-order valence-electron chi connectivity index (χ3n) is 4.29. The van der Waals surface area contributed by atoms with Gasteiger partial charge in [0.1, 0.15) is 18.0 Å². The molecule has 7 nitrogen and oxygen atoms in total. The number of hydrogen-bond acceptors (Lipinski definition) is 4. The summed E-state index contributed by atoms with van der Waals surface area (Å²) in [7, 11) is 0. The van der Waals surface area contributed by atoms with Crippen LogP contribution in [-0.4, -0.2) is 41.6 Å². The normalized spacial score (nSPS) is 11.4. The number of hydrogen-bond donors (Lipinski definition) is 2. The molecule has 0 saturated carbocycles. The highest BCUT2D eigenvalue weighted by atomic mass is 127. The Morgan fingerprint density at radius 1 is 1.28 bits per heavy atom. The van der Waals surface area contributed by atoms with Gasteiger partial charge in [0, 0.05) is 45.1 Å². The predicted molar refractivity (Wildman–Crippen MR) is 126 cm³/mol. The number of pyridine rings is 1. The van der Waals surface area contributed by atoms with Gasteiger partial charge in [-0.3, -0.25) is 4.99 Å². The number of furan rings is 1. The molecule has 158 valence electrons. The minimum absolute atomic E-state index is 0. The Bertz CT molecular complexity index is 876. The van der Waals surface area contributed by atoms with Crippen LogP contribution in [0.25, 0.3) is 5.65 Å². The van der Waals surface area contributed by atoms with Crippen molar-refractivity contribution in [3.05, 3.63) is 59.9 Å². The Morgan fingerprint density at radius 3 is 2.93 bits per heavy atom. The van der Waals surface area contributed by atoms with E-state index in [1.165, 1.54) is 5.56 Å². The maximum atomic E-state index is 5.58. The molecule has 0 aliphatic carbocycles. The second kappa shape index (κ2) is 12.5. The summed E-state index contributed by atoms with van der Waals surface area (Å²) in [5, 5.41) is 6.65. The maximum absolute atomic E-state index is 5.58. The molecule has 0 unspecified atom stereocenters. The second-order valence-corrected chi connectivity index (χ2v) is 6.58. The molecule has 0 aliphatic rings. The van der Waals surface area contributed by atoms with Crippen LogP contribution >= 0.6 is 24.0 Å². The third-order valence-corrected chi connectivity index (χ3v) is 4.29. The molecule has 0 amide bonds. The van der Waals surface area contributed by atoms with Crippen LogP contribution in [0.3, 0.4) is 0 Å². The number of rotatable bonds is 10. The van der Waals surface area contributed by atoms with Crippen molar-refractivity contribution < 1.29 is 9.15 Å². The third kappa shape index (κ3) is 7.36. The Balaban J connectivity index is 0.00000300. The molecular weight excluding hydrogens is 481 g/mol. The molecule has 3 aromatic rings. The molecule has 0 aliphatic heterocycles. The number of nitrogens with one attached hydrogen (secondary N) is 2. The number of fused-ring (bicyclic) bond motifs is 1. The van der Waals surface area contributed by atoms with E-state index in [9.17, 15) is 0 Å². The first-order valence-corrected chi connectivity index (χ1v) is 9.81. The molecule has 3 rings (SSSR count). The molecule has 8 heteroatoms. The summed E-state index contributed by atoms with van der Waals surface area (Å²) < 4.78 is 12.9. The Labute approximate surface area is 189 Å². The first-order valence-electron chi connectivity index (χ1n) is 9.81. The summed E-state index contributed by atoms with van der Waals surface area (Å²) in [6.07, 6.45) is 7.49. The molecule has 2 N–H and O–H groups in total. The molecule has 0 fully saturated rings. The Hall–Kier alpha value is -2.07. The lowest BCUT2D eigenvalue weighted by molar-refractivity contribution is 0.105. The lowest BCUT2D eigenvalue weighted by atomic mass is 10.3. The van der Waals surface area contributed by atoms with E-state index in [0.29, 0.717) is 19.8 Å². The summed E-state index contributed by atoms with van der Waals surface area (Å²) in [6, 6.07) is 7.90. The highest BCUT2D eigenvalue weighted by Crippen LogP contribution is 2.10. The highest BCUT2D eigenvalue weighted by molar-refractivity contribution is 14.0. The average Bonchev–Trinajstić information content (AvgIpc) is 3.34. The monoisotopic (exact) mass is 511 g/mol. The van der Waals surface area contributed by atoms with Gasteiger partial charge in [-0.05, 0) is 44.0 Å². The molecule has 0 bridgehead atoms. The van der Waals surface area contributed by atoms with Gasteiger partial charge in [-0.15, -0.1) is 24.0 Å². The van der Waals surface area contributed by atoms with Crippen LogP contribution in [0.1, 0.15) is 30.4 Å². The summed E-state index contributed by atoms with van der Waals surface area (Å²) in [5.74, 6) is 1.68. The van der Waals surface area contributed by atoms with Gasteiger partial charge in [-0.25, -0.2) is 4.98 Å². The van der Waals surface area contributed by atoms with Crippen molar-refractivity contribution in [2.75, 3.05) is 26.2 Å². The van der Waals surface area contributed by atoms with Crippen LogP contribution in [0.4, 0.5) is 0 Å². The van der Waals surface area contributed by atoms with E-state index < -0.39 is 0 Å². The molecular formula is C21H30IN5O2. The van der Waals surface area contributed by atoms with E-state index in [1.54, 1.807) is 6.26 Å². The van der Waals surface area contributed by atoms with Gasteiger partial charge < -0.3 is 24.2 Å². The fourth-order valence-corrected chi connectivity index (χ4v) is 2.90. The van der Waals surface area contributed by atoms with Gasteiger partial charge in [-0.2, -0.15) is 0 Å². The van der Waals surface area contributed by atoms with Crippen LogP contribution < -0.4 is 10.6 Å². The number of nitrogens with zero attached hydrogens (tertiary/aromatic N) is 3. The fraction of sp³-hybridized carbons (Fsp3) is 0.429. The van der Waals surface area contributed by atoms with Crippen molar-refractivity contribution in [3.63, 3.8) is 0 Å². The van der Waals surface area contributed by atoms with Crippen molar-refractivity contribution in [3.8, 4) is 0 Å². The van der Waals surface area contributed by atoms with E-state index in [-0.39, 0.29) is 24.0 Å². The number of aliphatic imine (C=N–C) groups is 1. The zero-order valence-corrected chi connectivity index (χ0v) is 19.4. The van der Waals surface area contributed by atoms with Gasteiger partial charge in [0.15, 0.2) is 5.96 Å². The van der Waals surface area contributed by atoms with Gasteiger partial charge in [0.2, 0.25) is 0 Å². The van der Waals surface area contributed by atoms with Crippen molar-refractivity contribution >= 4 is 35.6 Å². The summed E-state index contributed by atoms with van der Waals surface area (Å²) in [5.41, 5.74) is 3.28. The Morgan fingerprint density at radius 2 is 2.17 bits per heavy atom. The molecule has 3 aromatic heterocycles. The van der Waals surface area contributed by atoms with E-state index in [2.05, 4.69) is 46.1 Å². The molecule has 0 spiro atoms. The summed E-state index contributed by atoms with van der Waals surface area (Å²) in [6.45, 7) is 7.63. The minimum atomic E-state index is 0. The van der Waals surface area contributed by atoms with Crippen LogP contribution in [-0.2, 0) is 17.8 Å². The van der Waals surface area contributed by atoms with E-state index in [1.807, 2.05) is 24.4 Å². The van der Waals surface area contributed by atoms with E-state index in [0.717, 1.165) is 49.0 Å². The number of aryl methyl sites for hydroxylation is 1. The zero-order chi connectivity index (χ0) is 19.6. The lowest BCUT2D eigenvalue weighted by Gasteiger charge is -2.10. The molecule has 29 heavy (non-hydrogen) atoms. The Kier molecular flexibility index (Phi) is 9.99. The lowest BCUT2D eigenvalue weighted by Crippen LogP contribution is -2.38. The van der Waals surface area contributed by atoms with Gasteiger partial charge >= 0.3 is 0 Å². The standard InChI is InChI=1S/C21H29N5O2.HI/c1-3-22-21(23-10-6-13-27-16-19-8-5-14-28-19)24-11-9-18-15-26-12-4-7-17(2)20(26)25-18;/h4-5,7-8,12,14-15H,3,6,9-11,13,16H2,1-2H3,(H2,22,23,24);1H. The van der Waals surface area contributed by atoms with Gasteiger partial charge in [0.25, 0.3) is 0 Å². The van der Waals surface area contributed by atoms with E-state index in [4.69, 9.17) is 14.1 Å². The largest absolute Gasteiger partial charge is 0.467 e. The molecule has 0 atom stereocenters. The van der Waals surface area contributed by atoms with Gasteiger partial charge in [-0.1, -0.05) is 6.07 Å². The summed E-state index contributed by atoms with van der Waals surface area (Å²) >= 11 is 0. The first kappa shape index (κ1) is 23.2. The SMILES string of the molecule is CCNC(=NCCCOCc1ccco1)NCCc1cn2cccc(C)c2n1.I. The molecule has 0 saturated heterocycles. The second-order valence-electron chi connectivity index (χ2n) is 6.58. The number of aromatic nitrogens is 2.